The van der Waals surface area contributed by atoms with E-state index in [9.17, 15) is 0 Å². The highest BCUT2D eigenvalue weighted by atomic mass is 15.1. The molecule has 0 radical (unpaired) electrons. The van der Waals surface area contributed by atoms with Gasteiger partial charge in [0.2, 0.25) is 0 Å². The molecule has 2 rings (SSSR count). The normalized spacial score (nSPS) is 14.5. The Morgan fingerprint density at radius 3 is 2.65 bits per heavy atom. The van der Waals surface area contributed by atoms with Crippen molar-refractivity contribution in [3.8, 4) is 0 Å². The summed E-state index contributed by atoms with van der Waals surface area (Å²) in [7, 11) is 0. The van der Waals surface area contributed by atoms with E-state index in [0.29, 0.717) is 12.1 Å². The zero-order valence-electron chi connectivity index (χ0n) is 10.4. The van der Waals surface area contributed by atoms with Crippen LogP contribution in [0.25, 0.3) is 0 Å². The summed E-state index contributed by atoms with van der Waals surface area (Å²) in [5.41, 5.74) is 1.32. The fourth-order valence-corrected chi connectivity index (χ4v) is 2.13. The molecule has 0 bridgehead atoms. The molecule has 90 valence electrons. The molecule has 2 unspecified atom stereocenters. The second-order valence-electron chi connectivity index (χ2n) is 4.20. The lowest BCUT2D eigenvalue weighted by Gasteiger charge is -2.26. The molecule has 17 heavy (non-hydrogen) atoms. The molecule has 1 aromatic heterocycles. The first-order chi connectivity index (χ1) is 8.33. The Hall–Kier alpha value is -1.61. The summed E-state index contributed by atoms with van der Waals surface area (Å²) >= 11 is 0. The van der Waals surface area contributed by atoms with Crippen LogP contribution in [0.3, 0.4) is 0 Å². The molecule has 0 fully saturated rings. The fraction of sp³-hybridized carbons (Fsp3) is 0.357. The second-order valence-corrected chi connectivity index (χ2v) is 4.20. The van der Waals surface area contributed by atoms with Crippen LogP contribution in [0.15, 0.2) is 49.1 Å². The number of hydrogen-bond donors (Lipinski definition) is 1. The van der Waals surface area contributed by atoms with Crippen molar-refractivity contribution in [3.05, 3.63) is 54.6 Å². The average Bonchev–Trinajstić information content (AvgIpc) is 2.90. The Morgan fingerprint density at radius 2 is 2.06 bits per heavy atom. The van der Waals surface area contributed by atoms with Gasteiger partial charge in [-0.05, 0) is 19.0 Å². The minimum absolute atomic E-state index is 0.315. The first-order valence-electron chi connectivity index (χ1n) is 6.08. The molecule has 1 heterocycles. The Kier molecular flexibility index (Phi) is 3.94. The maximum absolute atomic E-state index is 4.11. The van der Waals surface area contributed by atoms with Crippen LogP contribution in [-0.2, 0) is 0 Å². The highest BCUT2D eigenvalue weighted by Crippen LogP contribution is 2.25. The van der Waals surface area contributed by atoms with E-state index in [2.05, 4.69) is 53.0 Å². The third-order valence-electron chi connectivity index (χ3n) is 3.06. The highest BCUT2D eigenvalue weighted by Gasteiger charge is 2.18. The minimum atomic E-state index is 0.315. The molecule has 1 aromatic carbocycles. The lowest BCUT2D eigenvalue weighted by molar-refractivity contribution is 0.385. The third kappa shape index (κ3) is 2.74. The van der Waals surface area contributed by atoms with Gasteiger partial charge in [-0.1, -0.05) is 37.3 Å². The predicted octanol–water partition coefficient (Wildman–Crippen LogP) is 2.79. The van der Waals surface area contributed by atoms with Crippen LogP contribution in [0.2, 0.25) is 0 Å². The molecular weight excluding hydrogens is 210 g/mol. The van der Waals surface area contributed by atoms with Gasteiger partial charge in [0, 0.05) is 12.4 Å². The van der Waals surface area contributed by atoms with Gasteiger partial charge in [-0.3, -0.25) is 0 Å². The second kappa shape index (κ2) is 5.64. The highest BCUT2D eigenvalue weighted by molar-refractivity contribution is 5.20. The molecular formula is C14H19N3. The number of aromatic nitrogens is 2. The van der Waals surface area contributed by atoms with Gasteiger partial charge in [0.25, 0.3) is 0 Å². The van der Waals surface area contributed by atoms with E-state index in [1.165, 1.54) is 5.56 Å². The summed E-state index contributed by atoms with van der Waals surface area (Å²) in [6.45, 7) is 5.30. The monoisotopic (exact) mass is 229 g/mol. The maximum Gasteiger partial charge on any atom is 0.0949 e. The first-order valence-corrected chi connectivity index (χ1v) is 6.08. The topological polar surface area (TPSA) is 29.9 Å². The largest absolute Gasteiger partial charge is 0.333 e. The lowest BCUT2D eigenvalue weighted by Crippen LogP contribution is -2.28. The maximum atomic E-state index is 4.11. The van der Waals surface area contributed by atoms with Crippen LogP contribution in [-0.4, -0.2) is 16.1 Å². The van der Waals surface area contributed by atoms with E-state index in [-0.39, 0.29) is 0 Å². The van der Waals surface area contributed by atoms with Crippen molar-refractivity contribution in [1.82, 2.24) is 14.9 Å². The molecule has 0 saturated heterocycles. The Labute approximate surface area is 103 Å². The summed E-state index contributed by atoms with van der Waals surface area (Å²) in [4.78, 5) is 4.11. The Balaban J connectivity index is 2.23. The van der Waals surface area contributed by atoms with Gasteiger partial charge in [-0.2, -0.15) is 0 Å². The van der Waals surface area contributed by atoms with Crippen LogP contribution in [0, 0.1) is 0 Å². The zero-order valence-corrected chi connectivity index (χ0v) is 10.4. The number of likely N-dealkylation sites (N-methyl/N-ethyl adjacent to an activating group) is 1. The van der Waals surface area contributed by atoms with Crippen LogP contribution < -0.4 is 5.32 Å². The summed E-state index contributed by atoms with van der Waals surface area (Å²) in [5.74, 6) is 0. The number of benzene rings is 1. The van der Waals surface area contributed by atoms with Crippen molar-refractivity contribution in [3.63, 3.8) is 0 Å². The van der Waals surface area contributed by atoms with E-state index in [1.54, 1.807) is 0 Å². The van der Waals surface area contributed by atoms with Gasteiger partial charge in [-0.15, -0.1) is 0 Å². The van der Waals surface area contributed by atoms with Crippen LogP contribution in [0.1, 0.15) is 31.5 Å². The predicted molar refractivity (Wildman–Crippen MR) is 69.8 cm³/mol. The van der Waals surface area contributed by atoms with E-state index >= 15 is 0 Å². The number of imidazole rings is 1. The van der Waals surface area contributed by atoms with Gasteiger partial charge < -0.3 is 9.88 Å². The Morgan fingerprint density at radius 1 is 1.29 bits per heavy atom. The van der Waals surface area contributed by atoms with Crippen LogP contribution >= 0.6 is 0 Å². The van der Waals surface area contributed by atoms with E-state index < -0.39 is 0 Å². The first kappa shape index (κ1) is 11.9. The van der Waals surface area contributed by atoms with E-state index in [1.807, 2.05) is 24.8 Å². The third-order valence-corrected chi connectivity index (χ3v) is 3.06. The lowest BCUT2D eigenvalue weighted by atomic mass is 10.0. The SMILES string of the molecule is CCNC(c1ccccc1)C(C)n1ccnc1. The fourth-order valence-electron chi connectivity index (χ4n) is 2.13. The average molecular weight is 229 g/mol. The van der Waals surface area contributed by atoms with E-state index in [4.69, 9.17) is 0 Å². The molecule has 2 aromatic rings. The van der Waals surface area contributed by atoms with Crippen molar-refractivity contribution in [2.75, 3.05) is 6.54 Å². The van der Waals surface area contributed by atoms with Crippen molar-refractivity contribution < 1.29 is 0 Å². The minimum Gasteiger partial charge on any atom is -0.333 e. The number of rotatable bonds is 5. The van der Waals surface area contributed by atoms with Crippen LogP contribution in [0.4, 0.5) is 0 Å². The van der Waals surface area contributed by atoms with Crippen molar-refractivity contribution >= 4 is 0 Å². The van der Waals surface area contributed by atoms with Gasteiger partial charge in [0.1, 0.15) is 0 Å². The summed E-state index contributed by atoms with van der Waals surface area (Å²) in [5, 5.41) is 3.54. The summed E-state index contributed by atoms with van der Waals surface area (Å²) in [6, 6.07) is 11.2. The molecule has 0 spiro atoms. The number of hydrogen-bond acceptors (Lipinski definition) is 2. The molecule has 1 N–H and O–H groups in total. The number of nitrogens with zero attached hydrogens (tertiary/aromatic N) is 2. The van der Waals surface area contributed by atoms with Crippen LogP contribution in [0.5, 0.6) is 0 Å². The van der Waals surface area contributed by atoms with Crippen molar-refractivity contribution in [2.45, 2.75) is 25.9 Å². The molecule has 0 amide bonds. The standard InChI is InChI=1S/C14H19N3/c1-3-16-14(13-7-5-4-6-8-13)12(2)17-10-9-15-11-17/h4-12,14,16H,3H2,1-2H3. The molecule has 0 aliphatic heterocycles. The van der Waals surface area contributed by atoms with Gasteiger partial charge in [0.05, 0.1) is 18.4 Å². The van der Waals surface area contributed by atoms with Gasteiger partial charge in [-0.25, -0.2) is 4.98 Å². The molecule has 0 saturated carbocycles. The van der Waals surface area contributed by atoms with Crippen molar-refractivity contribution in [2.24, 2.45) is 0 Å². The molecule has 2 atom stereocenters. The van der Waals surface area contributed by atoms with Crippen molar-refractivity contribution in [1.29, 1.82) is 0 Å². The van der Waals surface area contributed by atoms with Gasteiger partial charge >= 0.3 is 0 Å². The summed E-state index contributed by atoms with van der Waals surface area (Å²) in [6.07, 6.45) is 5.71. The Bertz CT molecular complexity index is 422. The van der Waals surface area contributed by atoms with Gasteiger partial charge in [0.15, 0.2) is 0 Å². The quantitative estimate of drug-likeness (QED) is 0.854. The molecule has 3 heteroatoms. The number of nitrogens with one attached hydrogen (secondary N) is 1. The molecule has 0 aliphatic rings. The smallest absolute Gasteiger partial charge is 0.0949 e. The summed E-state index contributed by atoms with van der Waals surface area (Å²) < 4.78 is 2.14. The molecule has 0 aliphatic carbocycles. The van der Waals surface area contributed by atoms with E-state index in [0.717, 1.165) is 6.54 Å². The molecule has 3 nitrogen and oxygen atoms in total. The zero-order chi connectivity index (χ0) is 12.1.